The normalized spacial score (nSPS) is 15.4. The molecule has 1 fully saturated rings. The van der Waals surface area contributed by atoms with E-state index in [1.54, 1.807) is 14.2 Å². The summed E-state index contributed by atoms with van der Waals surface area (Å²) in [6.07, 6.45) is 0.596. The fourth-order valence-corrected chi connectivity index (χ4v) is 3.17. The van der Waals surface area contributed by atoms with Crippen LogP contribution in [0.3, 0.4) is 0 Å². The number of rotatable bonds is 6. The van der Waals surface area contributed by atoms with Gasteiger partial charge in [-0.05, 0) is 23.3 Å². The van der Waals surface area contributed by atoms with E-state index in [0.717, 1.165) is 11.1 Å². The number of carbonyl (C=O) groups excluding carboxylic acids is 2. The van der Waals surface area contributed by atoms with Gasteiger partial charge in [-0.3, -0.25) is 14.5 Å². The number of methoxy groups -OCH3 is 2. The topological polar surface area (TPSA) is 55.8 Å². The van der Waals surface area contributed by atoms with Gasteiger partial charge >= 0.3 is 0 Å². The van der Waals surface area contributed by atoms with Crippen LogP contribution in [0.2, 0.25) is 0 Å². The van der Waals surface area contributed by atoms with E-state index in [4.69, 9.17) is 9.47 Å². The van der Waals surface area contributed by atoms with Crippen LogP contribution in [-0.4, -0.2) is 37.5 Å². The van der Waals surface area contributed by atoms with Crippen molar-refractivity contribution in [2.45, 2.75) is 18.8 Å². The van der Waals surface area contributed by atoms with Gasteiger partial charge in [-0.15, -0.1) is 0 Å². The summed E-state index contributed by atoms with van der Waals surface area (Å²) in [5, 5.41) is 0. The number of benzene rings is 2. The summed E-state index contributed by atoms with van der Waals surface area (Å²) in [6.45, 7) is 0.331. The minimum atomic E-state index is -0.119. The van der Waals surface area contributed by atoms with Crippen LogP contribution < -0.4 is 9.47 Å². The lowest BCUT2D eigenvalue weighted by Crippen LogP contribution is -2.33. The molecule has 0 aliphatic carbocycles. The van der Waals surface area contributed by atoms with E-state index in [1.807, 2.05) is 48.5 Å². The van der Waals surface area contributed by atoms with Gasteiger partial charge in [0.05, 0.1) is 14.2 Å². The lowest BCUT2D eigenvalue weighted by molar-refractivity contribution is -0.138. The number of hydrogen-bond acceptors (Lipinski definition) is 4. The van der Waals surface area contributed by atoms with Gasteiger partial charge in [-0.1, -0.05) is 36.4 Å². The molecule has 2 aromatic carbocycles. The predicted molar refractivity (Wildman–Crippen MR) is 93.8 cm³/mol. The Morgan fingerprint density at radius 2 is 1.52 bits per heavy atom. The van der Waals surface area contributed by atoms with E-state index in [2.05, 4.69) is 0 Å². The summed E-state index contributed by atoms with van der Waals surface area (Å²) < 4.78 is 10.7. The second kappa shape index (κ2) is 7.38. The number of ether oxygens (including phenoxy) is 2. The third-order valence-electron chi connectivity index (χ3n) is 4.53. The summed E-state index contributed by atoms with van der Waals surface area (Å²) in [7, 11) is 3.18. The summed E-state index contributed by atoms with van der Waals surface area (Å²) in [4.78, 5) is 25.5. The Morgan fingerprint density at radius 1 is 0.880 bits per heavy atom. The molecule has 130 valence electrons. The Hall–Kier alpha value is -2.82. The number of imide groups is 1. The van der Waals surface area contributed by atoms with Crippen LogP contribution in [0.25, 0.3) is 0 Å². The van der Waals surface area contributed by atoms with E-state index in [9.17, 15) is 9.59 Å². The van der Waals surface area contributed by atoms with Crippen molar-refractivity contribution in [1.82, 2.24) is 4.90 Å². The molecule has 1 unspecified atom stereocenters. The molecule has 0 saturated carbocycles. The van der Waals surface area contributed by atoms with Crippen LogP contribution in [-0.2, 0) is 9.59 Å². The number of hydrogen-bond donors (Lipinski definition) is 0. The summed E-state index contributed by atoms with van der Waals surface area (Å²) in [6, 6.07) is 15.6. The smallest absolute Gasteiger partial charge is 0.229 e. The molecule has 0 bridgehead atoms. The molecule has 5 nitrogen and oxygen atoms in total. The summed E-state index contributed by atoms with van der Waals surface area (Å²) in [5.41, 5.74) is 2.01. The largest absolute Gasteiger partial charge is 0.493 e. The minimum Gasteiger partial charge on any atom is -0.493 e. The average molecular weight is 339 g/mol. The monoisotopic (exact) mass is 339 g/mol. The van der Waals surface area contributed by atoms with Crippen molar-refractivity contribution < 1.29 is 19.1 Å². The zero-order valence-corrected chi connectivity index (χ0v) is 14.4. The first-order valence-corrected chi connectivity index (χ1v) is 8.24. The Kier molecular flexibility index (Phi) is 5.03. The van der Waals surface area contributed by atoms with Crippen molar-refractivity contribution in [3.05, 3.63) is 59.7 Å². The highest BCUT2D eigenvalue weighted by atomic mass is 16.5. The van der Waals surface area contributed by atoms with Crippen LogP contribution in [0, 0.1) is 0 Å². The Morgan fingerprint density at radius 3 is 2.12 bits per heavy atom. The number of amides is 2. The van der Waals surface area contributed by atoms with Crippen molar-refractivity contribution in [2.75, 3.05) is 20.8 Å². The quantitative estimate of drug-likeness (QED) is 0.759. The maximum absolute atomic E-state index is 12.1. The highest BCUT2D eigenvalue weighted by Crippen LogP contribution is 2.34. The van der Waals surface area contributed by atoms with Gasteiger partial charge in [-0.25, -0.2) is 0 Å². The second-order valence-corrected chi connectivity index (χ2v) is 5.98. The lowest BCUT2D eigenvalue weighted by Gasteiger charge is -2.24. The third kappa shape index (κ3) is 3.50. The van der Waals surface area contributed by atoms with E-state index in [0.29, 0.717) is 30.9 Å². The molecule has 3 rings (SSSR count). The van der Waals surface area contributed by atoms with Gasteiger partial charge in [0, 0.05) is 25.3 Å². The molecular formula is C20H21NO4. The second-order valence-electron chi connectivity index (χ2n) is 5.98. The fourth-order valence-electron chi connectivity index (χ4n) is 3.17. The molecular weight excluding hydrogens is 318 g/mol. The van der Waals surface area contributed by atoms with Crippen molar-refractivity contribution in [3.63, 3.8) is 0 Å². The molecule has 0 N–H and O–H groups in total. The number of likely N-dealkylation sites (tertiary alicyclic amines) is 1. The zero-order chi connectivity index (χ0) is 17.8. The third-order valence-corrected chi connectivity index (χ3v) is 4.53. The summed E-state index contributed by atoms with van der Waals surface area (Å²) in [5.74, 6) is 0.941. The molecule has 1 aliphatic rings. The first kappa shape index (κ1) is 17.0. The average Bonchev–Trinajstić information content (AvgIpc) is 2.97. The molecule has 2 aromatic rings. The van der Waals surface area contributed by atoms with Gasteiger partial charge in [0.1, 0.15) is 0 Å². The van der Waals surface area contributed by atoms with E-state index < -0.39 is 0 Å². The number of carbonyl (C=O) groups is 2. The lowest BCUT2D eigenvalue weighted by atomic mass is 9.90. The van der Waals surface area contributed by atoms with Gasteiger partial charge < -0.3 is 9.47 Å². The molecule has 0 spiro atoms. The van der Waals surface area contributed by atoms with Crippen molar-refractivity contribution in [1.29, 1.82) is 0 Å². The standard InChI is InChI=1S/C20H21NO4/c1-24-17-9-8-15(12-18(17)25-2)16(14-6-4-3-5-7-14)13-21-19(22)10-11-20(21)23/h3-9,12,16H,10-11,13H2,1-2H3. The van der Waals surface area contributed by atoms with Crippen LogP contribution in [0.15, 0.2) is 48.5 Å². The highest BCUT2D eigenvalue weighted by molar-refractivity contribution is 6.02. The zero-order valence-electron chi connectivity index (χ0n) is 14.4. The van der Waals surface area contributed by atoms with Crippen LogP contribution in [0.1, 0.15) is 29.9 Å². The molecule has 25 heavy (non-hydrogen) atoms. The fraction of sp³-hybridized carbons (Fsp3) is 0.300. The SMILES string of the molecule is COc1ccc(C(CN2C(=O)CCC2=O)c2ccccc2)cc1OC. The first-order chi connectivity index (χ1) is 12.1. The van der Waals surface area contributed by atoms with Gasteiger partial charge in [0.15, 0.2) is 11.5 Å². The Balaban J connectivity index is 2.00. The molecule has 0 aromatic heterocycles. The molecule has 1 aliphatic heterocycles. The predicted octanol–water partition coefficient (Wildman–Crippen LogP) is 2.98. The Bertz CT molecular complexity index is 757. The minimum absolute atomic E-state index is 0.105. The first-order valence-electron chi connectivity index (χ1n) is 8.24. The molecule has 1 saturated heterocycles. The molecule has 5 heteroatoms. The van der Waals surface area contributed by atoms with Gasteiger partial charge in [0.2, 0.25) is 11.8 Å². The van der Waals surface area contributed by atoms with Crippen LogP contribution in [0.4, 0.5) is 0 Å². The molecule has 2 amide bonds. The molecule has 0 radical (unpaired) electrons. The summed E-state index contributed by atoms with van der Waals surface area (Å²) >= 11 is 0. The van der Waals surface area contributed by atoms with Crippen LogP contribution >= 0.6 is 0 Å². The molecule has 1 heterocycles. The Labute approximate surface area is 147 Å². The van der Waals surface area contributed by atoms with Crippen molar-refractivity contribution >= 4 is 11.8 Å². The van der Waals surface area contributed by atoms with E-state index in [-0.39, 0.29) is 17.7 Å². The highest BCUT2D eigenvalue weighted by Gasteiger charge is 2.32. The molecule has 1 atom stereocenters. The van der Waals surface area contributed by atoms with E-state index >= 15 is 0 Å². The van der Waals surface area contributed by atoms with Crippen molar-refractivity contribution in [2.24, 2.45) is 0 Å². The van der Waals surface area contributed by atoms with Crippen molar-refractivity contribution in [3.8, 4) is 11.5 Å². The van der Waals surface area contributed by atoms with Crippen LogP contribution in [0.5, 0.6) is 11.5 Å². The van der Waals surface area contributed by atoms with Gasteiger partial charge in [0.25, 0.3) is 0 Å². The maximum Gasteiger partial charge on any atom is 0.229 e. The number of nitrogens with zero attached hydrogens (tertiary/aromatic N) is 1. The maximum atomic E-state index is 12.1. The van der Waals surface area contributed by atoms with Gasteiger partial charge in [-0.2, -0.15) is 0 Å². The van der Waals surface area contributed by atoms with E-state index in [1.165, 1.54) is 4.90 Å².